The first-order chi connectivity index (χ1) is 7.81. The van der Waals surface area contributed by atoms with Crippen molar-refractivity contribution in [3.63, 3.8) is 0 Å². The third-order valence-corrected chi connectivity index (χ3v) is 2.70. The van der Waals surface area contributed by atoms with Crippen molar-refractivity contribution in [1.82, 2.24) is 10.2 Å². The number of hydrogen-bond acceptors (Lipinski definition) is 3. The van der Waals surface area contributed by atoms with Crippen molar-refractivity contribution in [3.8, 4) is 0 Å². The number of rotatable bonds is 12. The minimum Gasteiger partial charge on any atom is -0.380 e. The molecule has 0 aromatic carbocycles. The Morgan fingerprint density at radius 1 is 1.00 bits per heavy atom. The van der Waals surface area contributed by atoms with E-state index in [-0.39, 0.29) is 0 Å². The van der Waals surface area contributed by atoms with Gasteiger partial charge in [0.25, 0.3) is 0 Å². The molecule has 1 N–H and O–H groups in total. The summed E-state index contributed by atoms with van der Waals surface area (Å²) < 4.78 is 5.31. The average Bonchev–Trinajstić information content (AvgIpc) is 2.28. The van der Waals surface area contributed by atoms with E-state index in [2.05, 4.69) is 24.2 Å². The zero-order valence-corrected chi connectivity index (χ0v) is 11.4. The number of ether oxygens (including phenoxy) is 1. The Hall–Kier alpha value is -0.120. The summed E-state index contributed by atoms with van der Waals surface area (Å²) in [5.41, 5.74) is 0. The first kappa shape index (κ1) is 15.9. The Labute approximate surface area is 102 Å². The van der Waals surface area contributed by atoms with Crippen molar-refractivity contribution in [1.29, 1.82) is 0 Å². The van der Waals surface area contributed by atoms with E-state index in [0.29, 0.717) is 0 Å². The number of likely N-dealkylation sites (N-methyl/N-ethyl adjacent to an activating group) is 1. The van der Waals surface area contributed by atoms with Gasteiger partial charge in [-0.1, -0.05) is 26.2 Å². The van der Waals surface area contributed by atoms with Crippen LogP contribution < -0.4 is 5.32 Å². The average molecular weight is 230 g/mol. The lowest BCUT2D eigenvalue weighted by Crippen LogP contribution is -2.32. The van der Waals surface area contributed by atoms with Gasteiger partial charge >= 0.3 is 0 Å². The van der Waals surface area contributed by atoms with Crippen LogP contribution in [0.3, 0.4) is 0 Å². The highest BCUT2D eigenvalue weighted by Gasteiger charge is 1.96. The van der Waals surface area contributed by atoms with E-state index in [9.17, 15) is 0 Å². The van der Waals surface area contributed by atoms with Crippen molar-refractivity contribution in [2.75, 3.05) is 46.4 Å². The lowest BCUT2D eigenvalue weighted by molar-refractivity contribution is 0.122. The van der Waals surface area contributed by atoms with E-state index in [0.717, 1.165) is 32.8 Å². The molecule has 0 aliphatic carbocycles. The summed E-state index contributed by atoms with van der Waals surface area (Å²) in [5, 5.41) is 3.48. The Morgan fingerprint density at radius 2 is 1.81 bits per heavy atom. The van der Waals surface area contributed by atoms with Gasteiger partial charge < -0.3 is 15.0 Å². The zero-order chi connectivity index (χ0) is 12.1. The summed E-state index contributed by atoms with van der Waals surface area (Å²) in [6.07, 6.45) is 5.37. The molecule has 0 spiro atoms. The second-order valence-electron chi connectivity index (χ2n) is 4.31. The standard InChI is InChI=1S/C13H30N2O/c1-4-6-7-8-9-14-10-11-15(3)12-13-16-5-2/h14H,4-13H2,1-3H3. The SMILES string of the molecule is CCCCCCNCCN(C)CCOCC. The first-order valence-corrected chi connectivity index (χ1v) is 6.78. The van der Waals surface area contributed by atoms with E-state index >= 15 is 0 Å². The summed E-state index contributed by atoms with van der Waals surface area (Å²) in [7, 11) is 2.15. The molecule has 16 heavy (non-hydrogen) atoms. The fourth-order valence-corrected chi connectivity index (χ4v) is 1.55. The van der Waals surface area contributed by atoms with Gasteiger partial charge in [0.2, 0.25) is 0 Å². The second kappa shape index (κ2) is 12.9. The molecule has 0 radical (unpaired) electrons. The quantitative estimate of drug-likeness (QED) is 0.520. The van der Waals surface area contributed by atoms with E-state index in [1.54, 1.807) is 0 Å². The highest BCUT2D eigenvalue weighted by Crippen LogP contribution is 1.96. The van der Waals surface area contributed by atoms with Gasteiger partial charge in [0, 0.05) is 26.2 Å². The van der Waals surface area contributed by atoms with Crippen LogP contribution >= 0.6 is 0 Å². The van der Waals surface area contributed by atoms with Crippen molar-refractivity contribution in [3.05, 3.63) is 0 Å². The highest BCUT2D eigenvalue weighted by atomic mass is 16.5. The van der Waals surface area contributed by atoms with Crippen LogP contribution in [0, 0.1) is 0 Å². The third-order valence-electron chi connectivity index (χ3n) is 2.70. The molecule has 0 heterocycles. The lowest BCUT2D eigenvalue weighted by Gasteiger charge is -2.16. The van der Waals surface area contributed by atoms with E-state index in [4.69, 9.17) is 4.74 Å². The van der Waals surface area contributed by atoms with Crippen LogP contribution in [0.2, 0.25) is 0 Å². The summed E-state index contributed by atoms with van der Waals surface area (Å²) in [5.74, 6) is 0. The van der Waals surface area contributed by atoms with Crippen LogP contribution in [0.1, 0.15) is 39.5 Å². The summed E-state index contributed by atoms with van der Waals surface area (Å²) in [6, 6.07) is 0. The van der Waals surface area contributed by atoms with Crippen LogP contribution in [0.15, 0.2) is 0 Å². The van der Waals surface area contributed by atoms with Crippen molar-refractivity contribution < 1.29 is 4.74 Å². The van der Waals surface area contributed by atoms with Gasteiger partial charge in [0.05, 0.1) is 6.61 Å². The fourth-order valence-electron chi connectivity index (χ4n) is 1.55. The molecule has 0 aliphatic rings. The third kappa shape index (κ3) is 12.0. The minimum absolute atomic E-state index is 0.823. The summed E-state index contributed by atoms with van der Waals surface area (Å²) in [6.45, 7) is 10.4. The van der Waals surface area contributed by atoms with Gasteiger partial charge in [0.1, 0.15) is 0 Å². The molecular weight excluding hydrogens is 200 g/mol. The molecule has 0 atom stereocenters. The molecule has 0 fully saturated rings. The number of hydrogen-bond donors (Lipinski definition) is 1. The maximum atomic E-state index is 5.31. The van der Waals surface area contributed by atoms with Gasteiger partial charge in [-0.3, -0.25) is 0 Å². The number of unbranched alkanes of at least 4 members (excludes halogenated alkanes) is 3. The Kier molecular flexibility index (Phi) is 12.9. The molecule has 98 valence electrons. The molecule has 3 nitrogen and oxygen atoms in total. The molecule has 0 amide bonds. The van der Waals surface area contributed by atoms with Gasteiger partial charge in [0.15, 0.2) is 0 Å². The predicted octanol–water partition coefficient (Wildman–Crippen LogP) is 2.12. The van der Waals surface area contributed by atoms with Crippen molar-refractivity contribution in [2.24, 2.45) is 0 Å². The van der Waals surface area contributed by atoms with Gasteiger partial charge in [-0.2, -0.15) is 0 Å². The normalized spacial score (nSPS) is 11.2. The topological polar surface area (TPSA) is 24.5 Å². The van der Waals surface area contributed by atoms with Crippen LogP contribution in [-0.4, -0.2) is 51.3 Å². The number of nitrogens with one attached hydrogen (secondary N) is 1. The largest absolute Gasteiger partial charge is 0.380 e. The van der Waals surface area contributed by atoms with E-state index in [1.165, 1.54) is 32.2 Å². The number of nitrogens with zero attached hydrogens (tertiary/aromatic N) is 1. The van der Waals surface area contributed by atoms with E-state index in [1.807, 2.05) is 6.92 Å². The Bertz CT molecular complexity index is 131. The van der Waals surface area contributed by atoms with Crippen LogP contribution in [0.4, 0.5) is 0 Å². The predicted molar refractivity (Wildman–Crippen MR) is 71.0 cm³/mol. The molecule has 3 heteroatoms. The van der Waals surface area contributed by atoms with Gasteiger partial charge in [-0.25, -0.2) is 0 Å². The lowest BCUT2D eigenvalue weighted by atomic mass is 10.2. The monoisotopic (exact) mass is 230 g/mol. The molecule has 0 unspecified atom stereocenters. The van der Waals surface area contributed by atoms with E-state index < -0.39 is 0 Å². The maximum Gasteiger partial charge on any atom is 0.0593 e. The molecule has 0 aliphatic heterocycles. The molecule has 0 bridgehead atoms. The van der Waals surface area contributed by atoms with Crippen molar-refractivity contribution >= 4 is 0 Å². The second-order valence-corrected chi connectivity index (χ2v) is 4.31. The van der Waals surface area contributed by atoms with Crippen LogP contribution in [0.25, 0.3) is 0 Å². The minimum atomic E-state index is 0.823. The molecule has 0 saturated heterocycles. The summed E-state index contributed by atoms with van der Waals surface area (Å²) >= 11 is 0. The highest BCUT2D eigenvalue weighted by molar-refractivity contribution is 4.55. The Balaban J connectivity index is 3.06. The summed E-state index contributed by atoms with van der Waals surface area (Å²) in [4.78, 5) is 2.31. The zero-order valence-electron chi connectivity index (χ0n) is 11.4. The first-order valence-electron chi connectivity index (χ1n) is 6.78. The molecule has 0 aromatic heterocycles. The van der Waals surface area contributed by atoms with Crippen LogP contribution in [-0.2, 0) is 4.74 Å². The molecule has 0 saturated carbocycles. The van der Waals surface area contributed by atoms with Crippen LogP contribution in [0.5, 0.6) is 0 Å². The molecular formula is C13H30N2O. The van der Waals surface area contributed by atoms with Gasteiger partial charge in [-0.15, -0.1) is 0 Å². The maximum absolute atomic E-state index is 5.31. The molecule has 0 aromatic rings. The van der Waals surface area contributed by atoms with Crippen molar-refractivity contribution in [2.45, 2.75) is 39.5 Å². The smallest absolute Gasteiger partial charge is 0.0593 e. The fraction of sp³-hybridized carbons (Fsp3) is 1.00. The Morgan fingerprint density at radius 3 is 2.50 bits per heavy atom. The van der Waals surface area contributed by atoms with Gasteiger partial charge in [-0.05, 0) is 26.9 Å². The molecule has 0 rings (SSSR count).